The van der Waals surface area contributed by atoms with E-state index in [4.69, 9.17) is 16.3 Å². The van der Waals surface area contributed by atoms with Crippen LogP contribution >= 0.6 is 11.6 Å². The molecule has 0 aliphatic carbocycles. The molecule has 0 amide bonds. The molecule has 1 atom stereocenters. The molecule has 1 unspecified atom stereocenters. The van der Waals surface area contributed by atoms with Gasteiger partial charge in [0, 0.05) is 18.3 Å². The van der Waals surface area contributed by atoms with Crippen molar-refractivity contribution < 1.29 is 4.74 Å². The maximum absolute atomic E-state index is 6.08. The Kier molecular flexibility index (Phi) is 2.89. The minimum atomic E-state index is 0.361. The van der Waals surface area contributed by atoms with E-state index in [1.807, 2.05) is 6.07 Å². The van der Waals surface area contributed by atoms with Crippen LogP contribution in [-0.4, -0.2) is 18.6 Å². The molecule has 1 aliphatic rings. The lowest BCUT2D eigenvalue weighted by Gasteiger charge is -2.12. The van der Waals surface area contributed by atoms with E-state index in [1.165, 1.54) is 6.42 Å². The summed E-state index contributed by atoms with van der Waals surface area (Å²) in [5.41, 5.74) is 1.09. The highest BCUT2D eigenvalue weighted by Crippen LogP contribution is 2.30. The number of pyridine rings is 1. The first kappa shape index (κ1) is 9.74. The molecule has 3 nitrogen and oxygen atoms in total. The number of methoxy groups -OCH3 is 1. The molecule has 1 N–H and O–H groups in total. The van der Waals surface area contributed by atoms with Crippen molar-refractivity contribution in [2.45, 2.75) is 18.9 Å². The first-order valence-electron chi connectivity index (χ1n) is 4.74. The molecule has 0 aromatic carbocycles. The van der Waals surface area contributed by atoms with Gasteiger partial charge in [0.1, 0.15) is 0 Å². The Morgan fingerprint density at radius 1 is 1.64 bits per heavy atom. The monoisotopic (exact) mass is 212 g/mol. The third-order valence-corrected chi connectivity index (χ3v) is 2.82. The number of hydrogen-bond acceptors (Lipinski definition) is 3. The normalized spacial score (nSPS) is 21.1. The van der Waals surface area contributed by atoms with Crippen LogP contribution in [0, 0.1) is 0 Å². The van der Waals surface area contributed by atoms with E-state index in [-0.39, 0.29) is 0 Å². The van der Waals surface area contributed by atoms with Crippen molar-refractivity contribution in [3.63, 3.8) is 0 Å². The van der Waals surface area contributed by atoms with Gasteiger partial charge < -0.3 is 10.1 Å². The summed E-state index contributed by atoms with van der Waals surface area (Å²) in [7, 11) is 1.61. The predicted octanol–water partition coefficient (Wildman–Crippen LogP) is 2.17. The smallest absolute Gasteiger partial charge is 0.213 e. The van der Waals surface area contributed by atoms with Gasteiger partial charge in [-0.25, -0.2) is 4.98 Å². The number of aromatic nitrogens is 1. The number of nitrogens with zero attached hydrogens (tertiary/aromatic N) is 1. The highest BCUT2D eigenvalue weighted by molar-refractivity contribution is 6.31. The van der Waals surface area contributed by atoms with Gasteiger partial charge in [-0.2, -0.15) is 0 Å². The molecule has 1 fully saturated rings. The van der Waals surface area contributed by atoms with Gasteiger partial charge in [0.2, 0.25) is 5.88 Å². The molecule has 1 aromatic heterocycles. The third kappa shape index (κ3) is 1.83. The predicted molar refractivity (Wildman–Crippen MR) is 55.8 cm³/mol. The fourth-order valence-corrected chi connectivity index (χ4v) is 2.00. The fourth-order valence-electron chi connectivity index (χ4n) is 1.76. The zero-order chi connectivity index (χ0) is 9.97. The van der Waals surface area contributed by atoms with Crippen molar-refractivity contribution in [1.82, 2.24) is 10.3 Å². The molecule has 0 spiro atoms. The van der Waals surface area contributed by atoms with Crippen molar-refractivity contribution in [2.75, 3.05) is 13.7 Å². The Hall–Kier alpha value is -0.800. The number of ether oxygens (including phenoxy) is 1. The summed E-state index contributed by atoms with van der Waals surface area (Å²) < 4.78 is 5.07. The molecule has 76 valence electrons. The summed E-state index contributed by atoms with van der Waals surface area (Å²) in [6.45, 7) is 1.06. The van der Waals surface area contributed by atoms with Crippen molar-refractivity contribution in [2.24, 2.45) is 0 Å². The third-order valence-electron chi connectivity index (χ3n) is 2.50. The van der Waals surface area contributed by atoms with Gasteiger partial charge in [-0.05, 0) is 24.9 Å². The van der Waals surface area contributed by atoms with Gasteiger partial charge in [-0.15, -0.1) is 0 Å². The average molecular weight is 213 g/mol. The Morgan fingerprint density at radius 2 is 2.50 bits per heavy atom. The van der Waals surface area contributed by atoms with Crippen LogP contribution in [0.1, 0.15) is 24.4 Å². The zero-order valence-corrected chi connectivity index (χ0v) is 8.84. The summed E-state index contributed by atoms with van der Waals surface area (Å²) in [5, 5.41) is 4.11. The fraction of sp³-hybridized carbons (Fsp3) is 0.500. The van der Waals surface area contributed by atoms with Crippen LogP contribution in [0.15, 0.2) is 12.3 Å². The van der Waals surface area contributed by atoms with E-state index in [0.29, 0.717) is 16.9 Å². The number of hydrogen-bond donors (Lipinski definition) is 1. The van der Waals surface area contributed by atoms with Gasteiger partial charge in [0.05, 0.1) is 12.1 Å². The lowest BCUT2D eigenvalue weighted by molar-refractivity contribution is 0.396. The van der Waals surface area contributed by atoms with Crippen LogP contribution in [0.4, 0.5) is 0 Å². The van der Waals surface area contributed by atoms with Crippen molar-refractivity contribution >= 4 is 11.6 Å². The molecule has 4 heteroatoms. The average Bonchev–Trinajstić information content (AvgIpc) is 2.71. The minimum absolute atomic E-state index is 0.361. The van der Waals surface area contributed by atoms with Crippen LogP contribution in [0.5, 0.6) is 5.88 Å². The van der Waals surface area contributed by atoms with E-state index in [0.717, 1.165) is 18.5 Å². The van der Waals surface area contributed by atoms with Crippen LogP contribution in [0.25, 0.3) is 0 Å². The summed E-state index contributed by atoms with van der Waals surface area (Å²) in [6, 6.07) is 2.27. The molecule has 2 heterocycles. The molecule has 1 aromatic rings. The van der Waals surface area contributed by atoms with Crippen LogP contribution < -0.4 is 10.1 Å². The number of rotatable bonds is 2. The van der Waals surface area contributed by atoms with E-state index < -0.39 is 0 Å². The molecule has 2 rings (SSSR count). The number of nitrogens with one attached hydrogen (secondary N) is 1. The second-order valence-electron chi connectivity index (χ2n) is 3.40. The zero-order valence-electron chi connectivity index (χ0n) is 8.09. The lowest BCUT2D eigenvalue weighted by atomic mass is 10.1. The van der Waals surface area contributed by atoms with Gasteiger partial charge in [0.25, 0.3) is 0 Å². The van der Waals surface area contributed by atoms with Gasteiger partial charge >= 0.3 is 0 Å². The van der Waals surface area contributed by atoms with E-state index >= 15 is 0 Å². The molecule has 0 bridgehead atoms. The van der Waals surface area contributed by atoms with E-state index in [2.05, 4.69) is 10.3 Å². The molecular formula is C10H13ClN2O. The largest absolute Gasteiger partial charge is 0.481 e. The Morgan fingerprint density at radius 3 is 3.14 bits per heavy atom. The van der Waals surface area contributed by atoms with Gasteiger partial charge in [0.15, 0.2) is 0 Å². The second-order valence-corrected chi connectivity index (χ2v) is 3.80. The van der Waals surface area contributed by atoms with E-state index in [9.17, 15) is 0 Å². The molecule has 0 radical (unpaired) electrons. The topological polar surface area (TPSA) is 34.1 Å². The molecule has 0 saturated carbocycles. The van der Waals surface area contributed by atoms with Crippen LogP contribution in [0.3, 0.4) is 0 Å². The Bertz CT molecular complexity index is 324. The summed E-state index contributed by atoms with van der Waals surface area (Å²) >= 11 is 6.08. The van der Waals surface area contributed by atoms with Gasteiger partial charge in [-0.1, -0.05) is 11.6 Å². The standard InChI is InChI=1S/C10H13ClN2O/c1-14-10-5-7(8(11)6-13-10)9-3-2-4-12-9/h5-6,9,12H,2-4H2,1H3. The summed E-state index contributed by atoms with van der Waals surface area (Å²) in [5.74, 6) is 0.623. The highest BCUT2D eigenvalue weighted by Gasteiger charge is 2.19. The lowest BCUT2D eigenvalue weighted by Crippen LogP contribution is -2.13. The Balaban J connectivity index is 2.29. The Labute approximate surface area is 88.4 Å². The van der Waals surface area contributed by atoms with Crippen molar-refractivity contribution in [3.8, 4) is 5.88 Å². The molecular weight excluding hydrogens is 200 g/mol. The SMILES string of the molecule is COc1cc(C2CCCN2)c(Cl)cn1. The molecule has 1 aliphatic heterocycles. The van der Waals surface area contributed by atoms with Crippen molar-refractivity contribution in [1.29, 1.82) is 0 Å². The van der Waals surface area contributed by atoms with E-state index in [1.54, 1.807) is 13.3 Å². The summed E-state index contributed by atoms with van der Waals surface area (Å²) in [4.78, 5) is 4.05. The maximum atomic E-state index is 6.08. The minimum Gasteiger partial charge on any atom is -0.481 e. The van der Waals surface area contributed by atoms with Gasteiger partial charge in [-0.3, -0.25) is 0 Å². The van der Waals surface area contributed by atoms with Crippen LogP contribution in [-0.2, 0) is 0 Å². The number of halogens is 1. The quantitative estimate of drug-likeness (QED) is 0.816. The first-order chi connectivity index (χ1) is 6.81. The first-order valence-corrected chi connectivity index (χ1v) is 5.12. The van der Waals surface area contributed by atoms with Crippen molar-refractivity contribution in [3.05, 3.63) is 22.8 Å². The second kappa shape index (κ2) is 4.15. The van der Waals surface area contributed by atoms with Crippen LogP contribution in [0.2, 0.25) is 5.02 Å². The molecule has 14 heavy (non-hydrogen) atoms. The molecule has 1 saturated heterocycles. The maximum Gasteiger partial charge on any atom is 0.213 e. The highest BCUT2D eigenvalue weighted by atomic mass is 35.5. The summed E-state index contributed by atoms with van der Waals surface area (Å²) in [6.07, 6.45) is 3.98.